The summed E-state index contributed by atoms with van der Waals surface area (Å²) in [5, 5.41) is 2.98. The first-order valence-corrected chi connectivity index (χ1v) is 13.3. The Balaban J connectivity index is 1.22. The molecule has 0 radical (unpaired) electrons. The van der Waals surface area contributed by atoms with E-state index in [1.165, 1.54) is 12.1 Å². The smallest absolute Gasteiger partial charge is 0.373 e. The van der Waals surface area contributed by atoms with Gasteiger partial charge in [-0.25, -0.2) is 13.8 Å². The Hall–Kier alpha value is -2.79. The summed E-state index contributed by atoms with van der Waals surface area (Å²) in [6.07, 6.45) is -1.62. The van der Waals surface area contributed by atoms with Crippen molar-refractivity contribution in [1.29, 1.82) is 0 Å². The number of nitrogens with one attached hydrogen (secondary N) is 1. The Morgan fingerprint density at radius 3 is 2.49 bits per heavy atom. The number of aromatic nitrogens is 1. The number of benzene rings is 1. The standard InChI is InChI=1S/C27H26ClF5N4O2/c28-16-11-19(29)18(13-39-14-25(30)5-6-25)20(12-16)37-9-7-26(8-10-37)24(38)35-23(36-26)17-3-4-21(27(31,32)33)34-22(17)15-1-2-15/h3-4,11-12,15H,1-2,5-10,13-14H2,(H,35,36,38). The molecule has 0 atom stereocenters. The number of anilines is 1. The van der Waals surface area contributed by atoms with Gasteiger partial charge in [-0.3, -0.25) is 9.79 Å². The number of halogens is 6. The van der Waals surface area contributed by atoms with Gasteiger partial charge in [0.15, 0.2) is 0 Å². The lowest BCUT2D eigenvalue weighted by Gasteiger charge is -2.37. The minimum atomic E-state index is -4.56. The second kappa shape index (κ2) is 9.40. The van der Waals surface area contributed by atoms with Gasteiger partial charge in [0.05, 0.1) is 18.9 Å². The number of aliphatic imine (C=N–C) groups is 1. The second-order valence-electron chi connectivity index (χ2n) is 10.9. The van der Waals surface area contributed by atoms with Crippen LogP contribution in [-0.2, 0) is 22.3 Å². The minimum Gasteiger partial charge on any atom is -0.373 e. The molecule has 1 aromatic heterocycles. The zero-order valence-electron chi connectivity index (χ0n) is 20.9. The monoisotopic (exact) mass is 568 g/mol. The molecule has 0 bridgehead atoms. The minimum absolute atomic E-state index is 0.0918. The van der Waals surface area contributed by atoms with Gasteiger partial charge in [-0.2, -0.15) is 13.2 Å². The number of amidine groups is 1. The molecule has 0 unspecified atom stereocenters. The third-order valence-corrected chi connectivity index (χ3v) is 8.10. The summed E-state index contributed by atoms with van der Waals surface area (Å²) >= 11 is 6.14. The lowest BCUT2D eigenvalue weighted by molar-refractivity contribution is -0.141. The van der Waals surface area contributed by atoms with Crippen LogP contribution in [0, 0.1) is 5.82 Å². The SMILES string of the molecule is O=C1NC(c2ccc(C(F)(F)F)nc2C2CC2)=NC12CCN(c1cc(Cl)cc(F)c1COCC1(F)CC1)CC2. The van der Waals surface area contributed by atoms with Crippen LogP contribution < -0.4 is 10.2 Å². The average Bonchev–Trinajstić information content (AvgIpc) is 3.81. The Morgan fingerprint density at radius 2 is 1.85 bits per heavy atom. The molecule has 1 spiro atoms. The topological polar surface area (TPSA) is 66.8 Å². The third kappa shape index (κ3) is 5.23. The molecule has 208 valence electrons. The Bertz CT molecular complexity index is 1350. The van der Waals surface area contributed by atoms with Crippen molar-refractivity contribution < 1.29 is 31.5 Å². The molecule has 39 heavy (non-hydrogen) atoms. The van der Waals surface area contributed by atoms with Gasteiger partial charge in [-0.1, -0.05) is 11.6 Å². The fourth-order valence-electron chi connectivity index (χ4n) is 5.23. The van der Waals surface area contributed by atoms with Crippen molar-refractivity contribution in [1.82, 2.24) is 10.3 Å². The third-order valence-electron chi connectivity index (χ3n) is 7.88. The maximum absolute atomic E-state index is 14.9. The van der Waals surface area contributed by atoms with E-state index in [1.807, 2.05) is 4.90 Å². The fourth-order valence-corrected chi connectivity index (χ4v) is 5.43. The maximum atomic E-state index is 14.9. The lowest BCUT2D eigenvalue weighted by atomic mass is 9.87. The molecule has 1 amide bonds. The van der Waals surface area contributed by atoms with Crippen LogP contribution in [0.3, 0.4) is 0 Å². The number of carbonyl (C=O) groups excluding carboxylic acids is 1. The summed E-state index contributed by atoms with van der Waals surface area (Å²) in [4.78, 5) is 23.6. The number of pyridine rings is 1. The summed E-state index contributed by atoms with van der Waals surface area (Å²) in [7, 11) is 0. The van der Waals surface area contributed by atoms with Gasteiger partial charge in [-0.15, -0.1) is 0 Å². The number of ether oxygens (including phenoxy) is 1. The van der Waals surface area contributed by atoms with E-state index in [1.54, 1.807) is 6.07 Å². The summed E-state index contributed by atoms with van der Waals surface area (Å²) in [5.74, 6) is -0.731. The van der Waals surface area contributed by atoms with Gasteiger partial charge in [-0.05, 0) is 62.8 Å². The highest BCUT2D eigenvalue weighted by molar-refractivity contribution is 6.30. The molecule has 3 heterocycles. The van der Waals surface area contributed by atoms with E-state index < -0.39 is 28.9 Å². The highest BCUT2D eigenvalue weighted by Crippen LogP contribution is 2.44. The maximum Gasteiger partial charge on any atom is 0.433 e. The zero-order chi connectivity index (χ0) is 27.6. The predicted octanol–water partition coefficient (Wildman–Crippen LogP) is 5.70. The van der Waals surface area contributed by atoms with Crippen molar-refractivity contribution in [3.05, 3.63) is 57.6 Å². The summed E-state index contributed by atoms with van der Waals surface area (Å²) < 4.78 is 74.1. The van der Waals surface area contributed by atoms with Crippen molar-refractivity contribution in [2.24, 2.45) is 4.99 Å². The summed E-state index contributed by atoms with van der Waals surface area (Å²) in [5.41, 5.74) is -1.87. The van der Waals surface area contributed by atoms with Gasteiger partial charge in [0, 0.05) is 40.8 Å². The van der Waals surface area contributed by atoms with E-state index >= 15 is 0 Å². The van der Waals surface area contributed by atoms with Gasteiger partial charge in [0.2, 0.25) is 0 Å². The molecule has 2 aromatic rings. The van der Waals surface area contributed by atoms with E-state index in [0.29, 0.717) is 55.7 Å². The van der Waals surface area contributed by atoms with Crippen LogP contribution in [-0.4, -0.2) is 47.6 Å². The molecule has 3 fully saturated rings. The van der Waals surface area contributed by atoms with E-state index in [-0.39, 0.29) is 41.5 Å². The van der Waals surface area contributed by atoms with Crippen molar-refractivity contribution in [2.45, 2.75) is 68.4 Å². The zero-order valence-corrected chi connectivity index (χ0v) is 21.6. The van der Waals surface area contributed by atoms with Crippen LogP contribution in [0.4, 0.5) is 27.6 Å². The van der Waals surface area contributed by atoms with Crippen LogP contribution in [0.15, 0.2) is 29.3 Å². The lowest BCUT2D eigenvalue weighted by Crippen LogP contribution is -2.49. The van der Waals surface area contributed by atoms with E-state index in [9.17, 15) is 26.7 Å². The van der Waals surface area contributed by atoms with Crippen molar-refractivity contribution in [2.75, 3.05) is 24.6 Å². The van der Waals surface area contributed by atoms with Gasteiger partial charge in [0.1, 0.15) is 28.6 Å². The first-order chi connectivity index (χ1) is 18.5. The number of hydrogen-bond acceptors (Lipinski definition) is 5. The quantitative estimate of drug-likeness (QED) is 0.435. The molecule has 6 rings (SSSR count). The summed E-state index contributed by atoms with van der Waals surface area (Å²) in [6.45, 7) is 0.492. The molecule has 2 aliphatic carbocycles. The number of rotatable bonds is 7. The molecule has 1 N–H and O–H groups in total. The molecular weight excluding hydrogens is 543 g/mol. The Kier molecular flexibility index (Phi) is 6.37. The number of amides is 1. The number of carbonyl (C=O) groups is 1. The molecule has 2 aliphatic heterocycles. The number of hydrogen-bond donors (Lipinski definition) is 1. The van der Waals surface area contributed by atoms with E-state index in [4.69, 9.17) is 21.3 Å². The van der Waals surface area contributed by atoms with Gasteiger partial charge >= 0.3 is 6.18 Å². The van der Waals surface area contributed by atoms with E-state index in [0.717, 1.165) is 18.9 Å². The molecule has 4 aliphatic rings. The number of piperidine rings is 1. The molecule has 1 aromatic carbocycles. The number of nitrogens with zero attached hydrogens (tertiary/aromatic N) is 3. The Morgan fingerprint density at radius 1 is 1.13 bits per heavy atom. The van der Waals surface area contributed by atoms with Crippen LogP contribution in [0.25, 0.3) is 0 Å². The molecular formula is C27H26ClF5N4O2. The van der Waals surface area contributed by atoms with Crippen molar-refractivity contribution >= 4 is 29.0 Å². The van der Waals surface area contributed by atoms with E-state index in [2.05, 4.69) is 10.3 Å². The highest BCUT2D eigenvalue weighted by atomic mass is 35.5. The van der Waals surface area contributed by atoms with Crippen molar-refractivity contribution in [3.63, 3.8) is 0 Å². The highest BCUT2D eigenvalue weighted by Gasteiger charge is 2.48. The normalized spacial score (nSPS) is 21.7. The van der Waals surface area contributed by atoms with Gasteiger partial charge < -0.3 is 15.0 Å². The Labute approximate surface area is 226 Å². The molecule has 1 saturated heterocycles. The molecule has 2 saturated carbocycles. The first kappa shape index (κ1) is 26.4. The van der Waals surface area contributed by atoms with Crippen molar-refractivity contribution in [3.8, 4) is 0 Å². The fraction of sp³-hybridized carbons (Fsp3) is 0.519. The molecule has 12 heteroatoms. The summed E-state index contributed by atoms with van der Waals surface area (Å²) in [6, 6.07) is 5.06. The largest absolute Gasteiger partial charge is 0.433 e. The number of alkyl halides is 4. The molecule has 6 nitrogen and oxygen atoms in total. The van der Waals surface area contributed by atoms with Crippen LogP contribution >= 0.6 is 11.6 Å². The van der Waals surface area contributed by atoms with Gasteiger partial charge in [0.25, 0.3) is 5.91 Å². The van der Waals surface area contributed by atoms with Crippen LogP contribution in [0.1, 0.15) is 67.0 Å². The second-order valence-corrected chi connectivity index (χ2v) is 11.3. The van der Waals surface area contributed by atoms with Crippen LogP contribution in [0.2, 0.25) is 5.02 Å². The average molecular weight is 569 g/mol. The predicted molar refractivity (Wildman–Crippen MR) is 134 cm³/mol. The van der Waals surface area contributed by atoms with Crippen LogP contribution in [0.5, 0.6) is 0 Å². The first-order valence-electron chi connectivity index (χ1n) is 13.0.